The molecule has 0 saturated carbocycles. The number of anilines is 2. The van der Waals surface area contributed by atoms with Crippen LogP contribution in [0.4, 0.5) is 11.8 Å². The van der Waals surface area contributed by atoms with Crippen molar-refractivity contribution < 1.29 is 9.22 Å². The molecule has 0 fully saturated rings. The van der Waals surface area contributed by atoms with Crippen molar-refractivity contribution in [1.29, 1.82) is 0 Å². The lowest BCUT2D eigenvalue weighted by Crippen LogP contribution is -2.40. The number of unbranched alkanes of at least 4 members (excludes halogenated alkanes) is 1. The Morgan fingerprint density at radius 3 is 2.55 bits per heavy atom. The number of fused-ring (bicyclic) bond motifs is 3. The second-order valence-electron chi connectivity index (χ2n) is 9.00. The van der Waals surface area contributed by atoms with Crippen LogP contribution in [0.3, 0.4) is 0 Å². The zero-order valence-corrected chi connectivity index (χ0v) is 19.0. The highest BCUT2D eigenvalue weighted by Crippen LogP contribution is 2.36. The first-order valence-corrected chi connectivity index (χ1v) is 12.9. The van der Waals surface area contributed by atoms with E-state index >= 15 is 0 Å². The second kappa shape index (κ2) is 7.76. The summed E-state index contributed by atoms with van der Waals surface area (Å²) in [6, 6.07) is 5.58. The van der Waals surface area contributed by atoms with Crippen molar-refractivity contribution in [3.8, 4) is 0 Å². The van der Waals surface area contributed by atoms with E-state index in [4.69, 9.17) is 15.9 Å². The second-order valence-corrected chi connectivity index (χ2v) is 13.8. The van der Waals surface area contributed by atoms with Gasteiger partial charge in [0.05, 0.1) is 16.4 Å². The Balaban J connectivity index is 1.67. The van der Waals surface area contributed by atoms with Crippen molar-refractivity contribution in [3.05, 3.63) is 24.4 Å². The van der Waals surface area contributed by atoms with E-state index in [2.05, 4.69) is 43.8 Å². The van der Waals surface area contributed by atoms with Gasteiger partial charge in [0, 0.05) is 24.6 Å². The summed E-state index contributed by atoms with van der Waals surface area (Å²) in [6.45, 7) is 11.9. The van der Waals surface area contributed by atoms with Crippen molar-refractivity contribution in [2.45, 2.75) is 58.2 Å². The SMILES string of the molecule is CC(C)(C)[Si](C)(C)OCCCCC(=O)n1ccc2c3c(N)nc(N)nc3ccc21. The molecule has 0 saturated heterocycles. The fourth-order valence-corrected chi connectivity index (χ4v) is 4.24. The Labute approximate surface area is 172 Å². The van der Waals surface area contributed by atoms with E-state index in [1.54, 1.807) is 10.8 Å². The van der Waals surface area contributed by atoms with Crippen LogP contribution in [0.5, 0.6) is 0 Å². The quantitative estimate of drug-likeness (QED) is 0.452. The van der Waals surface area contributed by atoms with Crippen molar-refractivity contribution >= 4 is 47.8 Å². The molecule has 0 aliphatic carbocycles. The summed E-state index contributed by atoms with van der Waals surface area (Å²) >= 11 is 0. The monoisotopic (exact) mass is 413 g/mol. The number of nitrogens with zero attached hydrogens (tertiary/aromatic N) is 3. The zero-order chi connectivity index (χ0) is 21.4. The molecule has 3 aromatic rings. The van der Waals surface area contributed by atoms with Gasteiger partial charge in [-0.05, 0) is 49.2 Å². The van der Waals surface area contributed by atoms with Gasteiger partial charge in [-0.25, -0.2) is 4.98 Å². The number of carbonyl (C=O) groups excluding carboxylic acids is 1. The molecule has 8 heteroatoms. The summed E-state index contributed by atoms with van der Waals surface area (Å²) in [5.41, 5.74) is 13.2. The number of nitrogen functional groups attached to an aromatic ring is 2. The summed E-state index contributed by atoms with van der Waals surface area (Å²) in [6.07, 6.45) is 3.92. The summed E-state index contributed by atoms with van der Waals surface area (Å²) in [7, 11) is -1.73. The van der Waals surface area contributed by atoms with Crippen molar-refractivity contribution in [3.63, 3.8) is 0 Å². The Hall–Kier alpha value is -2.45. The minimum atomic E-state index is -1.73. The van der Waals surface area contributed by atoms with Crippen LogP contribution in [0.1, 0.15) is 44.8 Å². The van der Waals surface area contributed by atoms with Crippen LogP contribution in [-0.2, 0) is 4.43 Å². The maximum Gasteiger partial charge on any atom is 0.231 e. The molecule has 0 unspecified atom stereocenters. The van der Waals surface area contributed by atoms with E-state index in [0.29, 0.717) is 24.4 Å². The number of hydrogen-bond acceptors (Lipinski definition) is 6. The number of nitrogens with two attached hydrogens (primary N) is 2. The third-order valence-corrected chi connectivity index (χ3v) is 10.4. The molecular formula is C21H31N5O2Si. The standard InChI is InChI=1S/C21H31N5O2Si/c1-21(2,3)29(4,5)28-13-7-6-8-17(27)26-12-11-14-16(26)10-9-15-18(14)19(22)25-20(23)24-15/h9-12H,6-8,13H2,1-5H3,(H4,22,23,24,25). The topological polar surface area (TPSA) is 109 Å². The molecule has 1 aromatic carbocycles. The summed E-state index contributed by atoms with van der Waals surface area (Å²) in [4.78, 5) is 21.0. The van der Waals surface area contributed by atoms with Crippen molar-refractivity contribution in [2.24, 2.45) is 0 Å². The third kappa shape index (κ3) is 4.28. The van der Waals surface area contributed by atoms with Gasteiger partial charge in [0.2, 0.25) is 11.9 Å². The normalized spacial score (nSPS) is 12.7. The van der Waals surface area contributed by atoms with Gasteiger partial charge in [0.25, 0.3) is 0 Å². The fourth-order valence-electron chi connectivity index (χ4n) is 3.16. The zero-order valence-electron chi connectivity index (χ0n) is 18.0. The average molecular weight is 414 g/mol. The molecule has 3 rings (SSSR count). The molecule has 0 radical (unpaired) electrons. The minimum Gasteiger partial charge on any atom is -0.417 e. The predicted octanol–water partition coefficient (Wildman–Crippen LogP) is 4.58. The van der Waals surface area contributed by atoms with E-state index in [-0.39, 0.29) is 16.9 Å². The molecule has 29 heavy (non-hydrogen) atoms. The third-order valence-electron chi connectivity index (χ3n) is 5.90. The van der Waals surface area contributed by atoms with Crippen LogP contribution in [0.15, 0.2) is 24.4 Å². The first kappa shape index (κ1) is 21.3. The minimum absolute atomic E-state index is 0.0570. The molecule has 2 aromatic heterocycles. The van der Waals surface area contributed by atoms with Gasteiger partial charge in [-0.3, -0.25) is 9.36 Å². The van der Waals surface area contributed by atoms with E-state index in [9.17, 15) is 4.79 Å². The average Bonchev–Trinajstić information content (AvgIpc) is 3.03. The van der Waals surface area contributed by atoms with Crippen LogP contribution in [0.25, 0.3) is 21.8 Å². The first-order chi connectivity index (χ1) is 13.5. The van der Waals surface area contributed by atoms with Gasteiger partial charge in [-0.1, -0.05) is 20.8 Å². The molecule has 0 aliphatic heterocycles. The van der Waals surface area contributed by atoms with Crippen LogP contribution in [0, 0.1) is 0 Å². The molecule has 0 spiro atoms. The van der Waals surface area contributed by atoms with Gasteiger partial charge >= 0.3 is 0 Å². The highest BCUT2D eigenvalue weighted by Gasteiger charge is 2.36. The summed E-state index contributed by atoms with van der Waals surface area (Å²) < 4.78 is 7.87. The van der Waals surface area contributed by atoms with E-state index < -0.39 is 8.32 Å². The predicted molar refractivity (Wildman–Crippen MR) is 121 cm³/mol. The van der Waals surface area contributed by atoms with Gasteiger partial charge in [0.15, 0.2) is 8.32 Å². The molecular weight excluding hydrogens is 382 g/mol. The van der Waals surface area contributed by atoms with Crippen molar-refractivity contribution in [2.75, 3.05) is 18.1 Å². The molecule has 0 amide bonds. The summed E-state index contributed by atoms with van der Waals surface area (Å²) in [5.74, 6) is 0.525. The fraction of sp³-hybridized carbons (Fsp3) is 0.476. The van der Waals surface area contributed by atoms with Gasteiger partial charge in [-0.15, -0.1) is 0 Å². The molecule has 156 valence electrons. The maximum absolute atomic E-state index is 12.8. The van der Waals surface area contributed by atoms with E-state index in [1.807, 2.05) is 18.2 Å². The van der Waals surface area contributed by atoms with Crippen LogP contribution >= 0.6 is 0 Å². The highest BCUT2D eigenvalue weighted by atomic mass is 28.4. The lowest BCUT2D eigenvalue weighted by molar-refractivity contribution is 0.0903. The van der Waals surface area contributed by atoms with E-state index in [1.165, 1.54) is 0 Å². The van der Waals surface area contributed by atoms with Crippen LogP contribution in [-0.4, -0.2) is 35.4 Å². The molecule has 0 atom stereocenters. The number of benzene rings is 1. The number of carbonyl (C=O) groups is 1. The van der Waals surface area contributed by atoms with Gasteiger partial charge in [-0.2, -0.15) is 4.98 Å². The number of hydrogen-bond donors (Lipinski definition) is 2. The van der Waals surface area contributed by atoms with Crippen LogP contribution < -0.4 is 11.5 Å². The van der Waals surface area contributed by atoms with E-state index in [0.717, 1.165) is 29.1 Å². The Bertz CT molecular complexity index is 1050. The highest BCUT2D eigenvalue weighted by molar-refractivity contribution is 6.74. The van der Waals surface area contributed by atoms with Crippen molar-refractivity contribution in [1.82, 2.24) is 14.5 Å². The Morgan fingerprint density at radius 2 is 1.86 bits per heavy atom. The van der Waals surface area contributed by atoms with Gasteiger partial charge in [0.1, 0.15) is 5.82 Å². The molecule has 2 heterocycles. The maximum atomic E-state index is 12.8. The Kier molecular flexibility index (Phi) is 5.69. The molecule has 4 N–H and O–H groups in total. The molecule has 7 nitrogen and oxygen atoms in total. The first-order valence-electron chi connectivity index (χ1n) is 10.0. The largest absolute Gasteiger partial charge is 0.417 e. The number of rotatable bonds is 6. The smallest absolute Gasteiger partial charge is 0.231 e. The van der Waals surface area contributed by atoms with Crippen LogP contribution in [0.2, 0.25) is 18.1 Å². The Morgan fingerprint density at radius 1 is 1.14 bits per heavy atom. The summed E-state index contributed by atoms with van der Waals surface area (Å²) in [5, 5.41) is 1.78. The lowest BCUT2D eigenvalue weighted by atomic mass is 10.1. The molecule has 0 aliphatic rings. The van der Waals surface area contributed by atoms with Gasteiger partial charge < -0.3 is 15.9 Å². The number of aromatic nitrogens is 3. The molecule has 0 bridgehead atoms. The lowest BCUT2D eigenvalue weighted by Gasteiger charge is -2.36.